The fraction of sp³-hybridized carbons (Fsp3) is 0.400. The number of aryl methyl sites for hydroxylation is 1. The Kier molecular flexibility index (Phi) is 5.03. The topological polar surface area (TPSA) is 73.9 Å². The highest BCUT2D eigenvalue weighted by Gasteiger charge is 2.31. The molecule has 0 saturated carbocycles. The fourth-order valence-corrected chi connectivity index (χ4v) is 4.69. The highest BCUT2D eigenvalue weighted by atomic mass is 32.1. The lowest BCUT2D eigenvalue weighted by molar-refractivity contribution is -0.125. The molecule has 0 bridgehead atoms. The van der Waals surface area contributed by atoms with Gasteiger partial charge in [-0.25, -0.2) is 4.79 Å². The predicted octanol–water partition coefficient (Wildman–Crippen LogP) is 3.58. The quantitative estimate of drug-likeness (QED) is 0.812. The number of esters is 1. The van der Waals surface area contributed by atoms with Crippen LogP contribution in [0.3, 0.4) is 0 Å². The molecule has 1 atom stereocenters. The van der Waals surface area contributed by atoms with Gasteiger partial charge >= 0.3 is 5.97 Å². The van der Waals surface area contributed by atoms with Gasteiger partial charge in [-0.15, -0.1) is 11.3 Å². The van der Waals surface area contributed by atoms with Crippen LogP contribution in [0.2, 0.25) is 0 Å². The summed E-state index contributed by atoms with van der Waals surface area (Å²) in [5.41, 5.74) is 1.52. The maximum Gasteiger partial charge on any atom is 0.341 e. The average molecular weight is 387 g/mol. The molecule has 1 aliphatic heterocycles. The van der Waals surface area contributed by atoms with Crippen molar-refractivity contribution in [3.8, 4) is 11.5 Å². The Hall–Kier alpha value is -2.54. The van der Waals surface area contributed by atoms with E-state index in [1.54, 1.807) is 19.1 Å². The number of fused-ring (bicyclic) bond motifs is 2. The molecule has 1 N–H and O–H groups in total. The number of ether oxygens (including phenoxy) is 3. The number of benzene rings is 1. The van der Waals surface area contributed by atoms with Gasteiger partial charge in [-0.3, -0.25) is 4.79 Å². The first-order valence-corrected chi connectivity index (χ1v) is 10.00. The molecule has 7 heteroatoms. The van der Waals surface area contributed by atoms with Gasteiger partial charge in [-0.1, -0.05) is 12.1 Å². The maximum atomic E-state index is 12.8. The summed E-state index contributed by atoms with van der Waals surface area (Å²) in [5.74, 6) is 0.465. The second-order valence-corrected chi connectivity index (χ2v) is 7.59. The van der Waals surface area contributed by atoms with Gasteiger partial charge in [0.05, 0.1) is 12.2 Å². The zero-order valence-electron chi connectivity index (χ0n) is 15.1. The number of carbonyl (C=O) groups excluding carboxylic acids is 2. The molecular formula is C20H21NO5S. The number of hydrogen-bond acceptors (Lipinski definition) is 6. The molecule has 27 heavy (non-hydrogen) atoms. The van der Waals surface area contributed by atoms with Crippen molar-refractivity contribution in [2.45, 2.75) is 38.7 Å². The van der Waals surface area contributed by atoms with Gasteiger partial charge in [0.2, 0.25) is 6.10 Å². The summed E-state index contributed by atoms with van der Waals surface area (Å²) in [6, 6.07) is 7.25. The van der Waals surface area contributed by atoms with Crippen LogP contribution in [0, 0.1) is 0 Å². The molecule has 1 aromatic heterocycles. The summed E-state index contributed by atoms with van der Waals surface area (Å²) < 4.78 is 16.6. The number of carbonyl (C=O) groups is 2. The maximum absolute atomic E-state index is 12.8. The van der Waals surface area contributed by atoms with Crippen molar-refractivity contribution in [1.82, 2.24) is 0 Å². The van der Waals surface area contributed by atoms with Crippen molar-refractivity contribution in [2.24, 2.45) is 0 Å². The molecule has 0 radical (unpaired) electrons. The van der Waals surface area contributed by atoms with Gasteiger partial charge in [0.15, 0.2) is 11.5 Å². The van der Waals surface area contributed by atoms with E-state index in [4.69, 9.17) is 14.2 Å². The molecule has 1 amide bonds. The summed E-state index contributed by atoms with van der Waals surface area (Å²) >= 11 is 1.46. The SMILES string of the molecule is CCOC(=O)c1c(NC(=O)[C@@H]2COc3ccccc3O2)sc2c1CCCC2. The highest BCUT2D eigenvalue weighted by Crippen LogP contribution is 2.39. The number of para-hydroxylation sites is 2. The molecule has 6 nitrogen and oxygen atoms in total. The lowest BCUT2D eigenvalue weighted by Crippen LogP contribution is -2.40. The van der Waals surface area contributed by atoms with E-state index in [-0.39, 0.29) is 18.5 Å². The van der Waals surface area contributed by atoms with Crippen molar-refractivity contribution < 1.29 is 23.8 Å². The minimum atomic E-state index is -0.769. The number of anilines is 1. The van der Waals surface area contributed by atoms with E-state index in [9.17, 15) is 9.59 Å². The molecule has 0 unspecified atom stereocenters. The van der Waals surface area contributed by atoms with Crippen LogP contribution >= 0.6 is 11.3 Å². The van der Waals surface area contributed by atoms with E-state index in [0.717, 1.165) is 36.1 Å². The third kappa shape index (κ3) is 3.51. The van der Waals surface area contributed by atoms with Crippen LogP contribution < -0.4 is 14.8 Å². The number of amides is 1. The third-order valence-corrected chi connectivity index (χ3v) is 5.90. The first-order valence-electron chi connectivity index (χ1n) is 9.18. The second-order valence-electron chi connectivity index (χ2n) is 6.49. The Bertz CT molecular complexity index is 875. The molecule has 1 aliphatic carbocycles. The van der Waals surface area contributed by atoms with Gasteiger partial charge in [0.25, 0.3) is 5.91 Å². The van der Waals surface area contributed by atoms with E-state index in [1.165, 1.54) is 11.3 Å². The lowest BCUT2D eigenvalue weighted by Gasteiger charge is -2.25. The van der Waals surface area contributed by atoms with E-state index in [2.05, 4.69) is 5.32 Å². The van der Waals surface area contributed by atoms with Crippen LogP contribution in [-0.4, -0.2) is 31.2 Å². The van der Waals surface area contributed by atoms with Gasteiger partial charge in [-0.05, 0) is 50.3 Å². The van der Waals surface area contributed by atoms with Crippen molar-refractivity contribution in [2.75, 3.05) is 18.5 Å². The zero-order valence-corrected chi connectivity index (χ0v) is 15.9. The Morgan fingerprint density at radius 2 is 2.00 bits per heavy atom. The summed E-state index contributed by atoms with van der Waals surface area (Å²) in [4.78, 5) is 26.4. The highest BCUT2D eigenvalue weighted by molar-refractivity contribution is 7.17. The Balaban J connectivity index is 1.56. The van der Waals surface area contributed by atoms with Gasteiger partial charge < -0.3 is 19.5 Å². The number of hydrogen-bond donors (Lipinski definition) is 1. The van der Waals surface area contributed by atoms with Gasteiger partial charge in [0, 0.05) is 4.88 Å². The van der Waals surface area contributed by atoms with E-state index in [0.29, 0.717) is 28.7 Å². The molecule has 0 saturated heterocycles. The lowest BCUT2D eigenvalue weighted by atomic mass is 9.95. The zero-order chi connectivity index (χ0) is 18.8. The molecule has 2 aromatic rings. The molecular weight excluding hydrogens is 366 g/mol. The smallest absolute Gasteiger partial charge is 0.341 e. The first-order chi connectivity index (χ1) is 13.2. The van der Waals surface area contributed by atoms with Crippen molar-refractivity contribution >= 4 is 28.2 Å². The summed E-state index contributed by atoms with van der Waals surface area (Å²) in [7, 11) is 0. The molecule has 142 valence electrons. The van der Waals surface area contributed by atoms with E-state index in [1.807, 2.05) is 12.1 Å². The molecule has 0 fully saturated rings. The van der Waals surface area contributed by atoms with Crippen LogP contribution in [0.15, 0.2) is 24.3 Å². The van der Waals surface area contributed by atoms with Gasteiger partial charge in [0.1, 0.15) is 11.6 Å². The first kappa shape index (κ1) is 17.9. The molecule has 2 aliphatic rings. The van der Waals surface area contributed by atoms with Crippen LogP contribution in [-0.2, 0) is 22.4 Å². The summed E-state index contributed by atoms with van der Waals surface area (Å²) in [5, 5.41) is 3.43. The number of thiophene rings is 1. The summed E-state index contributed by atoms with van der Waals surface area (Å²) in [6.45, 7) is 2.20. The van der Waals surface area contributed by atoms with Crippen molar-refractivity contribution in [3.63, 3.8) is 0 Å². The molecule has 0 spiro atoms. The van der Waals surface area contributed by atoms with E-state index >= 15 is 0 Å². The third-order valence-electron chi connectivity index (χ3n) is 4.69. The van der Waals surface area contributed by atoms with Crippen LogP contribution in [0.1, 0.15) is 40.6 Å². The molecule has 2 heterocycles. The largest absolute Gasteiger partial charge is 0.485 e. The minimum absolute atomic E-state index is 0.128. The van der Waals surface area contributed by atoms with Crippen LogP contribution in [0.4, 0.5) is 5.00 Å². The number of nitrogens with one attached hydrogen (secondary N) is 1. The molecule has 1 aromatic carbocycles. The monoisotopic (exact) mass is 387 g/mol. The van der Waals surface area contributed by atoms with Crippen molar-refractivity contribution in [3.05, 3.63) is 40.3 Å². The summed E-state index contributed by atoms with van der Waals surface area (Å²) in [6.07, 6.45) is 3.14. The normalized spacial score (nSPS) is 17.7. The van der Waals surface area contributed by atoms with Crippen molar-refractivity contribution in [1.29, 1.82) is 0 Å². The van der Waals surface area contributed by atoms with Gasteiger partial charge in [-0.2, -0.15) is 0 Å². The van der Waals surface area contributed by atoms with Crippen LogP contribution in [0.25, 0.3) is 0 Å². The minimum Gasteiger partial charge on any atom is -0.485 e. The van der Waals surface area contributed by atoms with Crippen LogP contribution in [0.5, 0.6) is 11.5 Å². The fourth-order valence-electron chi connectivity index (χ4n) is 3.41. The molecule has 4 rings (SSSR count). The standard InChI is InChI=1S/C20H21NO5S/c1-2-24-20(23)17-12-7-3-6-10-16(12)27-19(17)21-18(22)15-11-25-13-8-4-5-9-14(13)26-15/h4-5,8-9,15H,2-3,6-7,10-11H2,1H3,(H,21,22)/t15-/m0/s1. The predicted molar refractivity (Wildman–Crippen MR) is 102 cm³/mol. The Labute approximate surface area is 161 Å². The second kappa shape index (κ2) is 7.60. The van der Waals surface area contributed by atoms with E-state index < -0.39 is 6.10 Å². The average Bonchev–Trinajstić information content (AvgIpc) is 3.05. The Morgan fingerprint density at radius 1 is 1.22 bits per heavy atom. The number of rotatable bonds is 4. The Morgan fingerprint density at radius 3 is 2.81 bits per heavy atom.